The lowest BCUT2D eigenvalue weighted by Crippen LogP contribution is -2.03. The molecule has 1 aromatic carbocycles. The number of nitrogens with zero attached hydrogens (tertiary/aromatic N) is 2. The van der Waals surface area contributed by atoms with E-state index in [0.29, 0.717) is 16.8 Å². The molecule has 19 heavy (non-hydrogen) atoms. The molecule has 1 heterocycles. The second kappa shape index (κ2) is 4.58. The zero-order chi connectivity index (χ0) is 14.3. The summed E-state index contributed by atoms with van der Waals surface area (Å²) in [5.74, 6) is -5.12. The molecule has 1 N–H and O–H groups in total. The topological polar surface area (TPSA) is 55.1 Å². The number of hydrogen-bond acceptors (Lipinski definition) is 2. The zero-order valence-corrected chi connectivity index (χ0v) is 10.2. The number of benzene rings is 1. The van der Waals surface area contributed by atoms with Gasteiger partial charge < -0.3 is 5.11 Å². The number of carboxylic acid groups (broad SMARTS) is 1. The van der Waals surface area contributed by atoms with E-state index in [0.717, 1.165) is 0 Å². The van der Waals surface area contributed by atoms with E-state index in [-0.39, 0.29) is 11.3 Å². The molecule has 0 spiro atoms. The van der Waals surface area contributed by atoms with Gasteiger partial charge in [-0.15, -0.1) is 0 Å². The lowest BCUT2D eigenvalue weighted by Gasteiger charge is -2.05. The number of rotatable bonds is 2. The van der Waals surface area contributed by atoms with Crippen molar-refractivity contribution >= 4 is 17.6 Å². The maximum atomic E-state index is 13.6. The lowest BCUT2D eigenvalue weighted by atomic mass is 10.2. The summed E-state index contributed by atoms with van der Waals surface area (Å²) in [5, 5.41) is 12.2. The average Bonchev–Trinajstić information content (AvgIpc) is 2.59. The van der Waals surface area contributed by atoms with Crippen molar-refractivity contribution in [2.75, 3.05) is 0 Å². The third kappa shape index (κ3) is 2.17. The number of carbonyl (C=O) groups is 1. The number of hydrogen-bond donors (Lipinski definition) is 1. The lowest BCUT2D eigenvalue weighted by molar-refractivity contribution is 0.0696. The molecule has 0 saturated carbocycles. The van der Waals surface area contributed by atoms with Crippen LogP contribution in [-0.4, -0.2) is 20.9 Å². The summed E-state index contributed by atoms with van der Waals surface area (Å²) in [7, 11) is 0. The summed E-state index contributed by atoms with van der Waals surface area (Å²) in [4.78, 5) is 10.9. The maximum Gasteiger partial charge on any atom is 0.340 e. The number of carboxylic acids is 1. The Morgan fingerprint density at radius 2 is 1.84 bits per heavy atom. The molecule has 1 aromatic heterocycles. The van der Waals surface area contributed by atoms with Gasteiger partial charge in [0.05, 0.1) is 5.69 Å². The Kier molecular flexibility index (Phi) is 3.23. The van der Waals surface area contributed by atoms with Gasteiger partial charge in [0, 0.05) is 12.1 Å². The smallest absolute Gasteiger partial charge is 0.340 e. The van der Waals surface area contributed by atoms with Crippen LogP contribution in [0.1, 0.15) is 16.1 Å². The predicted octanol–water partition coefficient (Wildman–Crippen LogP) is 2.95. The molecule has 0 aliphatic carbocycles. The largest absolute Gasteiger partial charge is 0.478 e. The molecule has 0 atom stereocenters. The fourth-order valence-electron chi connectivity index (χ4n) is 1.58. The first-order chi connectivity index (χ1) is 8.82. The van der Waals surface area contributed by atoms with E-state index in [9.17, 15) is 18.0 Å². The van der Waals surface area contributed by atoms with Gasteiger partial charge >= 0.3 is 5.97 Å². The molecule has 0 aliphatic heterocycles. The van der Waals surface area contributed by atoms with E-state index in [2.05, 4.69) is 5.10 Å². The van der Waals surface area contributed by atoms with E-state index in [1.165, 1.54) is 6.92 Å². The zero-order valence-electron chi connectivity index (χ0n) is 9.42. The van der Waals surface area contributed by atoms with Gasteiger partial charge in [-0.2, -0.15) is 5.10 Å². The van der Waals surface area contributed by atoms with Gasteiger partial charge in [-0.1, -0.05) is 11.6 Å². The third-order valence-corrected chi connectivity index (χ3v) is 2.78. The summed E-state index contributed by atoms with van der Waals surface area (Å²) in [6.07, 6.45) is 0. The second-order valence-electron chi connectivity index (χ2n) is 3.69. The van der Waals surface area contributed by atoms with Crippen molar-refractivity contribution < 1.29 is 23.1 Å². The molecule has 100 valence electrons. The highest BCUT2D eigenvalue weighted by molar-refractivity contribution is 6.32. The van der Waals surface area contributed by atoms with Crippen LogP contribution in [0.2, 0.25) is 5.15 Å². The van der Waals surface area contributed by atoms with Crippen LogP contribution in [-0.2, 0) is 0 Å². The van der Waals surface area contributed by atoms with E-state index in [1.54, 1.807) is 0 Å². The van der Waals surface area contributed by atoms with Crippen molar-refractivity contribution in [1.82, 2.24) is 9.78 Å². The minimum atomic E-state index is -1.36. The molecule has 0 amide bonds. The Morgan fingerprint density at radius 3 is 2.37 bits per heavy atom. The Labute approximate surface area is 110 Å². The Hall–Kier alpha value is -2.02. The van der Waals surface area contributed by atoms with Crippen molar-refractivity contribution in [3.63, 3.8) is 0 Å². The first kappa shape index (κ1) is 13.4. The van der Waals surface area contributed by atoms with Gasteiger partial charge in [0.15, 0.2) is 17.5 Å². The van der Waals surface area contributed by atoms with E-state index in [4.69, 9.17) is 16.7 Å². The number of halogens is 4. The van der Waals surface area contributed by atoms with Crippen LogP contribution >= 0.6 is 11.6 Å². The normalized spacial score (nSPS) is 10.8. The average molecular weight is 291 g/mol. The van der Waals surface area contributed by atoms with Crippen LogP contribution in [0.4, 0.5) is 13.2 Å². The van der Waals surface area contributed by atoms with Crippen LogP contribution in [0.3, 0.4) is 0 Å². The van der Waals surface area contributed by atoms with Crippen LogP contribution < -0.4 is 0 Å². The van der Waals surface area contributed by atoms with Gasteiger partial charge in [-0.3, -0.25) is 0 Å². The predicted molar refractivity (Wildman–Crippen MR) is 60.1 cm³/mol. The van der Waals surface area contributed by atoms with Crippen LogP contribution in [0, 0.1) is 24.4 Å². The molecule has 2 rings (SSSR count). The summed E-state index contributed by atoms with van der Waals surface area (Å²) >= 11 is 5.76. The third-order valence-electron chi connectivity index (χ3n) is 2.44. The highest BCUT2D eigenvalue weighted by Crippen LogP contribution is 2.26. The Morgan fingerprint density at radius 1 is 1.26 bits per heavy atom. The molecule has 0 saturated heterocycles. The molecular formula is C11H6ClF3N2O2. The number of aryl methyl sites for hydroxylation is 1. The molecule has 0 radical (unpaired) electrons. The maximum absolute atomic E-state index is 13.6. The van der Waals surface area contributed by atoms with Gasteiger partial charge in [0.1, 0.15) is 16.4 Å². The fraction of sp³-hybridized carbons (Fsp3) is 0.0909. The van der Waals surface area contributed by atoms with Crippen LogP contribution in [0.5, 0.6) is 0 Å². The summed E-state index contributed by atoms with van der Waals surface area (Å²) < 4.78 is 40.2. The molecular weight excluding hydrogens is 285 g/mol. The van der Waals surface area contributed by atoms with Gasteiger partial charge in [0.2, 0.25) is 0 Å². The summed E-state index contributed by atoms with van der Waals surface area (Å²) in [5.41, 5.74) is -0.771. The minimum absolute atomic E-state index is 0.0293. The Bertz CT molecular complexity index is 685. The van der Waals surface area contributed by atoms with E-state index in [1.807, 2.05) is 0 Å². The van der Waals surface area contributed by atoms with E-state index < -0.39 is 34.3 Å². The summed E-state index contributed by atoms with van der Waals surface area (Å²) in [6.45, 7) is 1.35. The van der Waals surface area contributed by atoms with Crippen LogP contribution in [0.15, 0.2) is 12.1 Å². The molecule has 0 bridgehead atoms. The number of aromatic carboxylic acids is 1. The Balaban J connectivity index is 2.70. The summed E-state index contributed by atoms with van der Waals surface area (Å²) in [6, 6.07) is 0.882. The van der Waals surface area contributed by atoms with Crippen molar-refractivity contribution in [3.8, 4) is 5.69 Å². The van der Waals surface area contributed by atoms with Crippen molar-refractivity contribution in [2.24, 2.45) is 0 Å². The van der Waals surface area contributed by atoms with Crippen LogP contribution in [0.25, 0.3) is 5.69 Å². The molecule has 0 unspecified atom stereocenters. The standard InChI is InChI=1S/C11H6ClF3N2O2/c1-4-9(11(18)19)10(12)17(16-4)8-3-6(14)5(13)2-7(8)15/h2-3H,1H3,(H,18,19). The highest BCUT2D eigenvalue weighted by atomic mass is 35.5. The van der Waals surface area contributed by atoms with Gasteiger partial charge in [0.25, 0.3) is 0 Å². The molecule has 0 aliphatic rings. The molecule has 0 fully saturated rings. The van der Waals surface area contributed by atoms with Crippen molar-refractivity contribution in [3.05, 3.63) is 46.0 Å². The highest BCUT2D eigenvalue weighted by Gasteiger charge is 2.22. The fourth-order valence-corrected chi connectivity index (χ4v) is 1.92. The molecule has 2 aromatic rings. The molecule has 8 heteroatoms. The number of aromatic nitrogens is 2. The minimum Gasteiger partial charge on any atom is -0.478 e. The van der Waals surface area contributed by atoms with Crippen molar-refractivity contribution in [1.29, 1.82) is 0 Å². The quantitative estimate of drug-likeness (QED) is 0.865. The van der Waals surface area contributed by atoms with Gasteiger partial charge in [-0.05, 0) is 6.92 Å². The van der Waals surface area contributed by atoms with Gasteiger partial charge in [-0.25, -0.2) is 22.6 Å². The second-order valence-corrected chi connectivity index (χ2v) is 4.04. The first-order valence-corrected chi connectivity index (χ1v) is 5.34. The van der Waals surface area contributed by atoms with E-state index >= 15 is 0 Å². The monoisotopic (exact) mass is 290 g/mol. The molecule has 4 nitrogen and oxygen atoms in total. The first-order valence-electron chi connectivity index (χ1n) is 4.96. The SMILES string of the molecule is Cc1nn(-c2cc(F)c(F)cc2F)c(Cl)c1C(=O)O. The van der Waals surface area contributed by atoms with Crippen molar-refractivity contribution in [2.45, 2.75) is 6.92 Å².